The highest BCUT2D eigenvalue weighted by molar-refractivity contribution is 6.10. The van der Waals surface area contributed by atoms with E-state index in [0.717, 1.165) is 50.6 Å². The largest absolute Gasteiger partial charge is 0.334 e. The van der Waals surface area contributed by atoms with E-state index in [9.17, 15) is 15.8 Å². The smallest absolute Gasteiger partial charge is 0.101 e. The molecule has 2 heterocycles. The highest BCUT2D eigenvalue weighted by atomic mass is 15.2. The van der Waals surface area contributed by atoms with Gasteiger partial charge in [-0.15, -0.1) is 0 Å². The number of para-hydroxylation sites is 2. The number of allylic oxidation sites excluding steroid dienone is 3. The van der Waals surface area contributed by atoms with Crippen LogP contribution in [0.1, 0.15) is 35.6 Å². The summed E-state index contributed by atoms with van der Waals surface area (Å²) in [5, 5.41) is 32.5. The first-order valence-corrected chi connectivity index (χ1v) is 17.4. The maximum Gasteiger partial charge on any atom is 0.101 e. The molecular formula is C47H31N5. The lowest BCUT2D eigenvalue weighted by molar-refractivity contribution is 0.481. The lowest BCUT2D eigenvalue weighted by Gasteiger charge is -2.45. The van der Waals surface area contributed by atoms with Gasteiger partial charge >= 0.3 is 0 Å². The minimum absolute atomic E-state index is 0.0234. The van der Waals surface area contributed by atoms with Crippen molar-refractivity contribution in [2.24, 2.45) is 0 Å². The summed E-state index contributed by atoms with van der Waals surface area (Å²) < 4.78 is 2.07. The van der Waals surface area contributed by atoms with Gasteiger partial charge in [-0.25, -0.2) is 0 Å². The minimum atomic E-state index is -0.0234. The first-order valence-electron chi connectivity index (χ1n) is 17.4. The zero-order chi connectivity index (χ0) is 35.4. The molecule has 2 unspecified atom stereocenters. The number of hydrogen-bond acceptors (Lipinski definition) is 4. The van der Waals surface area contributed by atoms with Gasteiger partial charge in [-0.2, -0.15) is 15.8 Å². The molecule has 1 aromatic heterocycles. The van der Waals surface area contributed by atoms with Crippen LogP contribution >= 0.6 is 0 Å². The van der Waals surface area contributed by atoms with Crippen molar-refractivity contribution >= 4 is 33.2 Å². The SMILES string of the molecule is CC12C=CC=CC(C1)N(c1ccc(-c3cccc(-c4c(C#N)ccc(C#N)c4-n4c5ccccc5c5cc(C#N)ccc54)c3)cc1)c1ccccc12. The van der Waals surface area contributed by atoms with E-state index in [2.05, 4.69) is 120 Å². The van der Waals surface area contributed by atoms with Gasteiger partial charge in [-0.1, -0.05) is 98.0 Å². The average Bonchev–Trinajstić information content (AvgIpc) is 3.41. The topological polar surface area (TPSA) is 79.5 Å². The Balaban J connectivity index is 1.18. The molecular weight excluding hydrogens is 635 g/mol. The van der Waals surface area contributed by atoms with E-state index >= 15 is 0 Å². The van der Waals surface area contributed by atoms with Crippen LogP contribution in [0.5, 0.6) is 0 Å². The van der Waals surface area contributed by atoms with Gasteiger partial charge < -0.3 is 9.47 Å². The van der Waals surface area contributed by atoms with Crippen LogP contribution in [0, 0.1) is 34.0 Å². The van der Waals surface area contributed by atoms with Gasteiger partial charge in [0.1, 0.15) is 6.07 Å². The summed E-state index contributed by atoms with van der Waals surface area (Å²) in [6.07, 6.45) is 9.98. The first kappa shape index (κ1) is 30.9. The second-order valence-corrected chi connectivity index (χ2v) is 13.8. The predicted octanol–water partition coefficient (Wildman–Crippen LogP) is 11.0. The summed E-state index contributed by atoms with van der Waals surface area (Å²) >= 11 is 0. The average molecular weight is 666 g/mol. The Labute approximate surface area is 302 Å². The van der Waals surface area contributed by atoms with Gasteiger partial charge in [-0.3, -0.25) is 0 Å². The summed E-state index contributed by atoms with van der Waals surface area (Å²) in [7, 11) is 0. The van der Waals surface area contributed by atoms with Gasteiger partial charge in [-0.05, 0) is 89.3 Å². The number of hydrogen-bond donors (Lipinski definition) is 0. The Kier molecular flexibility index (Phi) is 7.15. The first-order chi connectivity index (χ1) is 25.5. The van der Waals surface area contributed by atoms with Crippen LogP contribution in [0.3, 0.4) is 0 Å². The van der Waals surface area contributed by atoms with Crippen LogP contribution in [-0.4, -0.2) is 10.6 Å². The Morgan fingerprint density at radius 1 is 0.635 bits per heavy atom. The highest BCUT2D eigenvalue weighted by Gasteiger charge is 2.39. The number of rotatable bonds is 4. The molecule has 1 aliphatic carbocycles. The van der Waals surface area contributed by atoms with Crippen molar-refractivity contribution in [2.45, 2.75) is 24.8 Å². The van der Waals surface area contributed by atoms with Gasteiger partial charge in [0, 0.05) is 33.1 Å². The normalized spacial score (nSPS) is 17.3. The van der Waals surface area contributed by atoms with Crippen molar-refractivity contribution in [3.8, 4) is 46.1 Å². The molecule has 2 atom stereocenters. The monoisotopic (exact) mass is 665 g/mol. The van der Waals surface area contributed by atoms with Crippen LogP contribution in [0.2, 0.25) is 0 Å². The van der Waals surface area contributed by atoms with E-state index in [1.54, 1.807) is 18.2 Å². The van der Waals surface area contributed by atoms with Crippen LogP contribution in [0.15, 0.2) is 152 Å². The number of nitriles is 3. The molecule has 1 aliphatic heterocycles. The van der Waals surface area contributed by atoms with E-state index in [0.29, 0.717) is 27.9 Å². The van der Waals surface area contributed by atoms with Gasteiger partial charge in [0.15, 0.2) is 0 Å². The molecule has 244 valence electrons. The van der Waals surface area contributed by atoms with E-state index in [-0.39, 0.29) is 11.5 Å². The van der Waals surface area contributed by atoms with Crippen molar-refractivity contribution in [1.29, 1.82) is 15.8 Å². The fourth-order valence-electron chi connectivity index (χ4n) is 8.33. The molecule has 5 heteroatoms. The van der Waals surface area contributed by atoms with Crippen molar-refractivity contribution in [3.63, 3.8) is 0 Å². The highest BCUT2D eigenvalue weighted by Crippen LogP contribution is 2.48. The molecule has 0 saturated carbocycles. The molecule has 5 nitrogen and oxygen atoms in total. The van der Waals surface area contributed by atoms with Crippen molar-refractivity contribution < 1.29 is 0 Å². The molecule has 9 rings (SSSR count). The number of benzene rings is 6. The molecule has 0 amide bonds. The maximum absolute atomic E-state index is 10.5. The van der Waals surface area contributed by atoms with Crippen molar-refractivity contribution in [3.05, 3.63) is 174 Å². The van der Waals surface area contributed by atoms with Crippen molar-refractivity contribution in [2.75, 3.05) is 4.90 Å². The van der Waals surface area contributed by atoms with Crippen LogP contribution in [0.25, 0.3) is 49.7 Å². The minimum Gasteiger partial charge on any atom is -0.334 e. The number of nitrogens with zero attached hydrogens (tertiary/aromatic N) is 5. The van der Waals surface area contributed by atoms with E-state index in [1.807, 2.05) is 48.5 Å². The number of aromatic nitrogens is 1. The summed E-state index contributed by atoms with van der Waals surface area (Å²) in [6, 6.07) is 50.1. The zero-order valence-corrected chi connectivity index (χ0v) is 28.5. The van der Waals surface area contributed by atoms with E-state index in [1.165, 1.54) is 11.3 Å². The molecule has 0 radical (unpaired) electrons. The van der Waals surface area contributed by atoms with E-state index in [4.69, 9.17) is 0 Å². The Morgan fingerprint density at radius 3 is 2.21 bits per heavy atom. The van der Waals surface area contributed by atoms with Crippen molar-refractivity contribution in [1.82, 2.24) is 4.57 Å². The molecule has 2 bridgehead atoms. The summed E-state index contributed by atoms with van der Waals surface area (Å²) in [5.74, 6) is 0. The third-order valence-corrected chi connectivity index (χ3v) is 10.7. The third-order valence-electron chi connectivity index (χ3n) is 10.7. The summed E-state index contributed by atoms with van der Waals surface area (Å²) in [6.45, 7) is 2.33. The second kappa shape index (κ2) is 12.0. The van der Waals surface area contributed by atoms with Crippen LogP contribution in [-0.2, 0) is 5.41 Å². The van der Waals surface area contributed by atoms with Gasteiger partial charge in [0.25, 0.3) is 0 Å². The lowest BCUT2D eigenvalue weighted by Crippen LogP contribution is -2.41. The molecule has 2 aliphatic rings. The summed E-state index contributed by atoms with van der Waals surface area (Å²) in [5.41, 5.74) is 11.2. The molecule has 0 saturated heterocycles. The third kappa shape index (κ3) is 4.74. The molecule has 0 N–H and O–H groups in total. The quantitative estimate of drug-likeness (QED) is 0.187. The number of fused-ring (bicyclic) bond motifs is 7. The zero-order valence-electron chi connectivity index (χ0n) is 28.5. The molecule has 52 heavy (non-hydrogen) atoms. The predicted molar refractivity (Wildman–Crippen MR) is 208 cm³/mol. The van der Waals surface area contributed by atoms with Gasteiger partial charge in [0.2, 0.25) is 0 Å². The molecule has 6 aromatic carbocycles. The Bertz CT molecular complexity index is 2780. The van der Waals surface area contributed by atoms with Gasteiger partial charge in [0.05, 0.1) is 51.6 Å². The fourth-order valence-corrected chi connectivity index (χ4v) is 8.33. The lowest BCUT2D eigenvalue weighted by atomic mass is 9.73. The Hall–Kier alpha value is -7.13. The molecule has 0 spiro atoms. The molecule has 7 aromatic rings. The number of anilines is 2. The van der Waals surface area contributed by atoms with E-state index < -0.39 is 0 Å². The Morgan fingerprint density at radius 2 is 1.38 bits per heavy atom. The maximum atomic E-state index is 10.5. The standard InChI is InChI=1S/C47H31N5/c1-47-24-7-6-11-38(27-47)51(44-15-5-3-13-41(44)47)37-21-19-32(20-22-37)33-9-8-10-34(26-33)45-35(29-49)17-18-36(30-50)46(45)52-42-14-4-2-12-39(42)40-25-31(28-48)16-23-43(40)52/h2-26,38H,27H2,1H3. The fraction of sp³-hybridized carbons (Fsp3) is 0.0851. The van der Waals surface area contributed by atoms with Crippen LogP contribution in [0.4, 0.5) is 11.4 Å². The second-order valence-electron chi connectivity index (χ2n) is 13.8. The van der Waals surface area contributed by atoms with Crippen LogP contribution < -0.4 is 4.90 Å². The molecule has 0 fully saturated rings. The summed E-state index contributed by atoms with van der Waals surface area (Å²) in [4.78, 5) is 2.45.